The molecule has 0 bridgehead atoms. The van der Waals surface area contributed by atoms with Gasteiger partial charge in [0.25, 0.3) is 5.91 Å². The van der Waals surface area contributed by atoms with E-state index in [9.17, 15) is 10.1 Å². The van der Waals surface area contributed by atoms with Gasteiger partial charge in [-0.3, -0.25) is 15.1 Å². The Morgan fingerprint density at radius 1 is 1.15 bits per heavy atom. The first-order valence-corrected chi connectivity index (χ1v) is 12.0. The lowest BCUT2D eigenvalue weighted by Gasteiger charge is -2.44. The molecule has 1 aliphatic carbocycles. The first-order chi connectivity index (χ1) is 16.6. The molecule has 2 aromatic carbocycles. The zero-order valence-corrected chi connectivity index (χ0v) is 20.4. The minimum absolute atomic E-state index is 0.124. The topological polar surface area (TPSA) is 89.8 Å². The molecule has 180 valence electrons. The molecule has 1 saturated carbocycles. The Morgan fingerprint density at radius 2 is 1.82 bits per heavy atom. The van der Waals surface area contributed by atoms with Gasteiger partial charge in [-0.2, -0.15) is 5.26 Å². The molecule has 3 rings (SSSR count). The number of guanidine groups is 1. The summed E-state index contributed by atoms with van der Waals surface area (Å²) in [6, 6.07) is 18.1. The van der Waals surface area contributed by atoms with Crippen molar-refractivity contribution >= 4 is 11.9 Å². The van der Waals surface area contributed by atoms with E-state index in [4.69, 9.17) is 4.74 Å². The molecule has 0 spiro atoms. The summed E-state index contributed by atoms with van der Waals surface area (Å²) in [6.07, 6.45) is 5.77. The quantitative estimate of drug-likeness (QED) is 0.268. The largest absolute Gasteiger partial charge is 0.496 e. The van der Waals surface area contributed by atoms with Crippen molar-refractivity contribution in [3.05, 3.63) is 65.7 Å². The lowest BCUT2D eigenvalue weighted by molar-refractivity contribution is 0.0926. The van der Waals surface area contributed by atoms with Crippen LogP contribution in [0.25, 0.3) is 0 Å². The van der Waals surface area contributed by atoms with Crippen molar-refractivity contribution in [1.29, 1.82) is 5.26 Å². The summed E-state index contributed by atoms with van der Waals surface area (Å²) in [7, 11) is 1.58. The Bertz CT molecular complexity index is 1010. The number of amides is 1. The van der Waals surface area contributed by atoms with E-state index < -0.39 is 0 Å². The molecule has 1 fully saturated rings. The second kappa shape index (κ2) is 12.1. The molecular weight excluding hydrogens is 426 g/mol. The zero-order valence-electron chi connectivity index (χ0n) is 20.4. The highest BCUT2D eigenvalue weighted by atomic mass is 16.5. The SMILES string of the molecule is CCN=C(NC#N)N(CC)C1CCC(CNC(=O)c2ccccc2OC)(c2ccccc2)CC1. The van der Waals surface area contributed by atoms with E-state index >= 15 is 0 Å². The normalized spacial score (nSPS) is 20.2. The van der Waals surface area contributed by atoms with Crippen molar-refractivity contribution in [2.75, 3.05) is 26.7 Å². The van der Waals surface area contributed by atoms with Crippen molar-refractivity contribution in [2.24, 2.45) is 4.99 Å². The van der Waals surface area contributed by atoms with Gasteiger partial charge >= 0.3 is 0 Å². The number of nitriles is 1. The molecule has 34 heavy (non-hydrogen) atoms. The average Bonchev–Trinajstić information content (AvgIpc) is 2.89. The summed E-state index contributed by atoms with van der Waals surface area (Å²) >= 11 is 0. The van der Waals surface area contributed by atoms with Crippen molar-refractivity contribution in [3.63, 3.8) is 0 Å². The van der Waals surface area contributed by atoms with Gasteiger partial charge in [-0.15, -0.1) is 0 Å². The lowest BCUT2D eigenvalue weighted by Crippen LogP contribution is -2.51. The second-order valence-corrected chi connectivity index (χ2v) is 8.58. The molecule has 7 nitrogen and oxygen atoms in total. The van der Waals surface area contributed by atoms with E-state index in [1.807, 2.05) is 31.3 Å². The summed E-state index contributed by atoms with van der Waals surface area (Å²) < 4.78 is 5.38. The van der Waals surface area contributed by atoms with E-state index in [1.54, 1.807) is 19.2 Å². The Morgan fingerprint density at radius 3 is 2.44 bits per heavy atom. The van der Waals surface area contributed by atoms with Gasteiger partial charge in [0.05, 0.1) is 12.7 Å². The minimum atomic E-state index is -0.153. The predicted molar refractivity (Wildman–Crippen MR) is 135 cm³/mol. The van der Waals surface area contributed by atoms with Crippen LogP contribution >= 0.6 is 0 Å². The van der Waals surface area contributed by atoms with Gasteiger partial charge in [0, 0.05) is 31.1 Å². The number of aliphatic imine (C=N–C) groups is 1. The van der Waals surface area contributed by atoms with Gasteiger partial charge in [0.2, 0.25) is 5.96 Å². The standard InChI is InChI=1S/C27H35N5O2/c1-4-29-26(31-20-28)32(5-2)22-15-17-27(18-16-22,21-11-7-6-8-12-21)19-30-25(33)23-13-9-10-14-24(23)34-3/h6-14,22H,4-5,15-19H2,1-3H3,(H,29,31)(H,30,33). The maximum absolute atomic E-state index is 13.0. The number of carbonyl (C=O) groups is 1. The molecule has 0 radical (unpaired) electrons. The first kappa shape index (κ1) is 25.1. The number of nitrogens with zero attached hydrogens (tertiary/aromatic N) is 3. The van der Waals surface area contributed by atoms with E-state index in [2.05, 4.69) is 51.7 Å². The van der Waals surface area contributed by atoms with E-state index in [0.29, 0.717) is 30.4 Å². The Balaban J connectivity index is 1.79. The smallest absolute Gasteiger partial charge is 0.255 e. The fraction of sp³-hybridized carbons (Fsp3) is 0.444. The second-order valence-electron chi connectivity index (χ2n) is 8.58. The van der Waals surface area contributed by atoms with Gasteiger partial charge in [-0.05, 0) is 57.2 Å². The molecular formula is C27H35N5O2. The summed E-state index contributed by atoms with van der Waals surface area (Å²) in [5, 5.41) is 15.1. The summed E-state index contributed by atoms with van der Waals surface area (Å²) in [5.41, 5.74) is 1.64. The van der Waals surface area contributed by atoms with Crippen LogP contribution in [0.4, 0.5) is 0 Å². The van der Waals surface area contributed by atoms with Crippen molar-refractivity contribution in [1.82, 2.24) is 15.5 Å². The average molecular weight is 462 g/mol. The number of hydrogen-bond donors (Lipinski definition) is 2. The molecule has 0 aliphatic heterocycles. The van der Waals surface area contributed by atoms with Crippen molar-refractivity contribution in [2.45, 2.75) is 51.0 Å². The molecule has 0 unspecified atom stereocenters. The maximum atomic E-state index is 13.0. The molecule has 0 saturated heterocycles. The fourth-order valence-corrected chi connectivity index (χ4v) is 4.99. The van der Waals surface area contributed by atoms with Crippen LogP contribution in [0.3, 0.4) is 0 Å². The lowest BCUT2D eigenvalue weighted by atomic mass is 9.67. The highest BCUT2D eigenvalue weighted by Crippen LogP contribution is 2.40. The Kier molecular flexibility index (Phi) is 8.92. The van der Waals surface area contributed by atoms with Crippen LogP contribution in [0.1, 0.15) is 55.5 Å². The number of rotatable bonds is 8. The number of para-hydroxylation sites is 1. The molecule has 7 heteroatoms. The van der Waals surface area contributed by atoms with Crippen LogP contribution in [0.5, 0.6) is 5.75 Å². The summed E-state index contributed by atoms with van der Waals surface area (Å²) in [6.45, 7) is 6.02. The van der Waals surface area contributed by atoms with Crippen LogP contribution in [0.2, 0.25) is 0 Å². The fourth-order valence-electron chi connectivity index (χ4n) is 4.99. The van der Waals surface area contributed by atoms with Gasteiger partial charge in [-0.25, -0.2) is 0 Å². The molecule has 0 heterocycles. The monoisotopic (exact) mass is 461 g/mol. The van der Waals surface area contributed by atoms with Crippen molar-refractivity contribution < 1.29 is 9.53 Å². The molecule has 1 aliphatic rings. The van der Waals surface area contributed by atoms with Crippen molar-refractivity contribution in [3.8, 4) is 11.9 Å². The van der Waals surface area contributed by atoms with Gasteiger partial charge in [0.1, 0.15) is 5.75 Å². The maximum Gasteiger partial charge on any atom is 0.255 e. The number of hydrogen-bond acceptors (Lipinski definition) is 4. The molecule has 1 amide bonds. The highest BCUT2D eigenvalue weighted by molar-refractivity contribution is 5.97. The zero-order chi connectivity index (χ0) is 24.4. The molecule has 2 aromatic rings. The number of carbonyl (C=O) groups excluding carboxylic acids is 1. The van der Waals surface area contributed by atoms with E-state index in [-0.39, 0.29) is 17.4 Å². The number of nitrogens with one attached hydrogen (secondary N) is 2. The number of methoxy groups -OCH3 is 1. The predicted octanol–water partition coefficient (Wildman–Crippen LogP) is 4.07. The third kappa shape index (κ3) is 5.69. The van der Waals surface area contributed by atoms with Gasteiger partial charge in [0.15, 0.2) is 6.19 Å². The highest BCUT2D eigenvalue weighted by Gasteiger charge is 2.39. The van der Waals surface area contributed by atoms with E-state index in [1.165, 1.54) is 5.56 Å². The van der Waals surface area contributed by atoms with Gasteiger partial charge in [-0.1, -0.05) is 42.5 Å². The van der Waals surface area contributed by atoms with Crippen LogP contribution in [0, 0.1) is 11.5 Å². The summed E-state index contributed by atoms with van der Waals surface area (Å²) in [5.74, 6) is 1.10. The van der Waals surface area contributed by atoms with E-state index in [0.717, 1.165) is 32.2 Å². The number of benzene rings is 2. The van der Waals surface area contributed by atoms with Crippen LogP contribution in [-0.2, 0) is 5.41 Å². The molecule has 2 N–H and O–H groups in total. The van der Waals surface area contributed by atoms with Crippen LogP contribution in [-0.4, -0.2) is 49.6 Å². The molecule has 0 atom stereocenters. The Labute approximate surface area is 202 Å². The van der Waals surface area contributed by atoms with Gasteiger partial charge < -0.3 is 15.0 Å². The molecule has 0 aromatic heterocycles. The van der Waals surface area contributed by atoms with Crippen LogP contribution < -0.4 is 15.4 Å². The summed E-state index contributed by atoms with van der Waals surface area (Å²) in [4.78, 5) is 19.7. The minimum Gasteiger partial charge on any atom is -0.496 e. The third-order valence-electron chi connectivity index (χ3n) is 6.77. The first-order valence-electron chi connectivity index (χ1n) is 12.0. The third-order valence-corrected chi connectivity index (χ3v) is 6.77. The Hall–Kier alpha value is -3.53. The number of ether oxygens (including phenoxy) is 1. The van der Waals surface area contributed by atoms with Crippen LogP contribution in [0.15, 0.2) is 59.6 Å².